The zero-order chi connectivity index (χ0) is 84.8. The van der Waals surface area contributed by atoms with Gasteiger partial charge in [0.05, 0.1) is 76.7 Å². The number of aryl methyl sites for hydroxylation is 6. The number of aromatic carboxylic acids is 2. The Bertz CT molecular complexity index is 5920. The van der Waals surface area contributed by atoms with Crippen LogP contribution in [0, 0.1) is 13.8 Å². The van der Waals surface area contributed by atoms with Gasteiger partial charge in [0.15, 0.2) is 46.1 Å². The number of aromatic hydroxyl groups is 4. The molecule has 0 amide bonds. The Labute approximate surface area is 698 Å². The van der Waals surface area contributed by atoms with Gasteiger partial charge in [0.25, 0.3) is 0 Å². The standard InChI is InChI=1S/C21H21N3O4S.C20H17Cl2N3O4S.C20H19N3O4S.C19H15Cl2N3O4S/c1-12-5-7-14(8-6-12)19-20(26)18(23-24(19)3)13(2)22-11-15(25)16-9-10-17(29-16)21(27)28-4;1-10(23-9-14(26)15-6-7-16(30-15)20(28)29-3)17-19(27)18(25(2)24-17)11-4-5-12(21)13(22)8-11;1-11-4-6-13(7-5-11)18-19(25)17(22-23(18)3)12(2)21-10-14(24)15-8-9-16(28-15)20(26)27;1-9(22-8-13(25)14-5-6-15(29-14)19(27)28)16-18(26)17(24(2)23-16)10-3-4-11(20)12(21)7-10/h5-10,26H,11H2,1-4H3;4-8,27H,9H2,1-3H3;4-9,25H,10H2,1-3H3,(H,26,27);3-7,26H,8H2,1-2H3,(H,27,28). The Hall–Kier alpha value is -11.9. The summed E-state index contributed by atoms with van der Waals surface area (Å²) in [6.07, 6.45) is 0. The number of methoxy groups -OCH3 is 2. The lowest BCUT2D eigenvalue weighted by Gasteiger charge is -2.04. The SMILES string of the molecule is CC(=NCC(=O)c1ccc(C(=O)O)s1)c1nn(C)c(-c2ccc(C)cc2)c1O.CC(=NCC(=O)c1ccc(C(=O)O)s1)c1nn(C)c(-c2ccc(Cl)c(Cl)c2)c1O.COC(=O)c1ccc(C(=O)CN=C(C)c2nn(C)c(-c3ccc(C)cc3)c2O)s1.COC(=O)c1ccc(C(=O)CN=C(C)c2nn(C)c(-c3ccc(Cl)c(Cl)c3)c2O)s1. The highest BCUT2D eigenvalue weighted by Crippen LogP contribution is 2.39. The van der Waals surface area contributed by atoms with Crippen molar-refractivity contribution >= 4 is 162 Å². The zero-order valence-corrected chi connectivity index (χ0v) is 70.1. The first-order chi connectivity index (χ1) is 55.0. The summed E-state index contributed by atoms with van der Waals surface area (Å²) in [4.78, 5) is 114. The van der Waals surface area contributed by atoms with Crippen LogP contribution in [0.2, 0.25) is 20.1 Å². The average Bonchev–Trinajstić information content (AvgIpc) is 1.67. The van der Waals surface area contributed by atoms with Crippen LogP contribution in [-0.4, -0.2) is 180 Å². The monoisotopic (exact) mass is 1720 g/mol. The van der Waals surface area contributed by atoms with E-state index in [0.717, 1.165) is 67.6 Å². The Balaban J connectivity index is 0.000000177. The number of Topliss-reactive ketones (excluding diaryl/α,β-unsaturated/α-hetero) is 4. The van der Waals surface area contributed by atoms with Crippen LogP contribution in [0.1, 0.15) is 139 Å². The molecule has 0 atom stereocenters. The maximum Gasteiger partial charge on any atom is 0.348 e. The molecule has 6 N–H and O–H groups in total. The smallest absolute Gasteiger partial charge is 0.348 e. The summed E-state index contributed by atoms with van der Waals surface area (Å²) in [5.41, 5.74) is 9.98. The van der Waals surface area contributed by atoms with Gasteiger partial charge in [-0.3, -0.25) is 57.9 Å². The number of benzene rings is 4. The predicted molar refractivity (Wildman–Crippen MR) is 450 cm³/mol. The topological polar surface area (TPSA) is 397 Å². The fourth-order valence-corrected chi connectivity index (χ4v) is 14.9. The summed E-state index contributed by atoms with van der Waals surface area (Å²) in [6.45, 7) is 10.0. The van der Waals surface area contributed by atoms with E-state index < -0.39 is 23.9 Å². The summed E-state index contributed by atoms with van der Waals surface area (Å²) >= 11 is 28.0. The Morgan fingerprint density at radius 1 is 0.345 bits per heavy atom. The van der Waals surface area contributed by atoms with E-state index in [-0.39, 0.29) is 93.5 Å². The summed E-state index contributed by atoms with van der Waals surface area (Å²) in [7, 11) is 9.40. The number of nitrogens with zero attached hydrogens (tertiary/aromatic N) is 12. The van der Waals surface area contributed by atoms with Crippen molar-refractivity contribution in [1.29, 1.82) is 0 Å². The number of carbonyl (C=O) groups excluding carboxylic acids is 6. The molecule has 0 bridgehead atoms. The van der Waals surface area contributed by atoms with Crippen molar-refractivity contribution in [3.8, 4) is 68.0 Å². The van der Waals surface area contributed by atoms with Crippen LogP contribution >= 0.6 is 91.8 Å². The van der Waals surface area contributed by atoms with E-state index in [2.05, 4.69) is 49.8 Å². The molecule has 8 aromatic heterocycles. The molecule has 0 fully saturated rings. The van der Waals surface area contributed by atoms with Crippen molar-refractivity contribution in [3.63, 3.8) is 0 Å². The Kier molecular flexibility index (Phi) is 29.6. The zero-order valence-electron chi connectivity index (χ0n) is 63.8. The number of esters is 2. The van der Waals surface area contributed by atoms with Gasteiger partial charge in [-0.15, -0.1) is 45.3 Å². The molecule has 600 valence electrons. The molecule has 0 unspecified atom stereocenters. The van der Waals surface area contributed by atoms with Crippen LogP contribution in [0.3, 0.4) is 0 Å². The van der Waals surface area contributed by atoms with Crippen molar-refractivity contribution in [2.45, 2.75) is 41.5 Å². The highest BCUT2D eigenvalue weighted by molar-refractivity contribution is 7.17. The quantitative estimate of drug-likeness (QED) is 0.0186. The van der Waals surface area contributed by atoms with Crippen LogP contribution in [0.15, 0.2) is 153 Å². The highest BCUT2D eigenvalue weighted by atomic mass is 35.5. The second-order valence-electron chi connectivity index (χ2n) is 25.2. The third-order valence-corrected chi connectivity index (χ3v) is 23.0. The first-order valence-electron chi connectivity index (χ1n) is 34.3. The van der Waals surface area contributed by atoms with Crippen LogP contribution in [0.5, 0.6) is 23.0 Å². The molecule has 36 heteroatoms. The van der Waals surface area contributed by atoms with Gasteiger partial charge in [-0.2, -0.15) is 20.4 Å². The van der Waals surface area contributed by atoms with Gasteiger partial charge in [-0.1, -0.05) is 118 Å². The van der Waals surface area contributed by atoms with Gasteiger partial charge >= 0.3 is 23.9 Å². The van der Waals surface area contributed by atoms with E-state index in [1.807, 2.05) is 62.4 Å². The number of aliphatic imine (C=N–C) groups is 4. The summed E-state index contributed by atoms with van der Waals surface area (Å²) in [5.74, 6) is -4.34. The minimum atomic E-state index is -1.08. The van der Waals surface area contributed by atoms with Gasteiger partial charge < -0.3 is 40.1 Å². The van der Waals surface area contributed by atoms with Gasteiger partial charge in [0, 0.05) is 50.4 Å². The minimum absolute atomic E-state index is 0.00402. The number of carboxylic acid groups (broad SMARTS) is 2. The molecule has 0 aliphatic carbocycles. The van der Waals surface area contributed by atoms with Gasteiger partial charge in [-0.25, -0.2) is 19.2 Å². The van der Waals surface area contributed by atoms with Gasteiger partial charge in [-0.05, 0) is 114 Å². The van der Waals surface area contributed by atoms with E-state index >= 15 is 0 Å². The first kappa shape index (κ1) is 88.1. The number of ether oxygens (including phenoxy) is 2. The van der Waals surface area contributed by atoms with Crippen LogP contribution in [-0.2, 0) is 37.7 Å². The fraction of sp³-hybridized carbons (Fsp3) is 0.200. The summed E-state index contributed by atoms with van der Waals surface area (Å²) in [5, 5.41) is 79.4. The molecule has 28 nitrogen and oxygen atoms in total. The van der Waals surface area contributed by atoms with E-state index in [0.29, 0.717) is 117 Å². The average molecular weight is 1730 g/mol. The Morgan fingerprint density at radius 3 is 0.802 bits per heavy atom. The minimum Gasteiger partial charge on any atom is -0.504 e. The van der Waals surface area contributed by atoms with Crippen molar-refractivity contribution < 1.29 is 78.5 Å². The molecule has 0 spiro atoms. The third-order valence-electron chi connectivity index (χ3n) is 17.1. The van der Waals surface area contributed by atoms with Gasteiger partial charge in [0.2, 0.25) is 0 Å². The molecule has 0 saturated carbocycles. The molecule has 0 aliphatic heterocycles. The third kappa shape index (κ3) is 21.2. The highest BCUT2D eigenvalue weighted by Gasteiger charge is 2.26. The number of hydrogen-bond donors (Lipinski definition) is 6. The molecular formula is C80H72Cl4N12O16S4. The number of hydrogen-bond acceptors (Lipinski definition) is 26. The number of aromatic nitrogens is 8. The lowest BCUT2D eigenvalue weighted by Crippen LogP contribution is -2.06. The maximum absolute atomic E-state index is 12.4. The molecule has 4 aromatic carbocycles. The molecule has 0 saturated heterocycles. The number of ketones is 4. The van der Waals surface area contributed by atoms with Crippen molar-refractivity contribution in [3.05, 3.63) is 226 Å². The van der Waals surface area contributed by atoms with Crippen LogP contribution in [0.4, 0.5) is 0 Å². The summed E-state index contributed by atoms with van der Waals surface area (Å²) in [6, 6.07) is 37.4. The number of thiophene rings is 4. The second kappa shape index (κ2) is 39.0. The van der Waals surface area contributed by atoms with Gasteiger partial charge in [0.1, 0.15) is 91.2 Å². The maximum atomic E-state index is 12.4. The van der Waals surface area contributed by atoms with Crippen LogP contribution < -0.4 is 0 Å². The molecule has 12 rings (SSSR count). The van der Waals surface area contributed by atoms with Crippen molar-refractivity contribution in [2.24, 2.45) is 48.2 Å². The largest absolute Gasteiger partial charge is 0.504 e. The van der Waals surface area contributed by atoms with Crippen molar-refractivity contribution in [2.75, 3.05) is 40.4 Å². The number of carboxylic acids is 2. The summed E-state index contributed by atoms with van der Waals surface area (Å²) < 4.78 is 15.5. The molecule has 0 aliphatic rings. The second-order valence-corrected chi connectivity index (χ2v) is 31.2. The van der Waals surface area contributed by atoms with Crippen molar-refractivity contribution in [1.82, 2.24) is 39.1 Å². The number of carbonyl (C=O) groups is 8. The first-order valence-corrected chi connectivity index (χ1v) is 39.1. The molecule has 12 aromatic rings. The fourth-order valence-electron chi connectivity index (χ4n) is 11.0. The van der Waals surface area contributed by atoms with E-state index in [1.54, 1.807) is 120 Å². The molecule has 116 heavy (non-hydrogen) atoms. The van der Waals surface area contributed by atoms with E-state index in [9.17, 15) is 58.8 Å². The molecular weight excluding hydrogens is 1660 g/mol. The van der Waals surface area contributed by atoms with E-state index in [1.165, 1.54) is 53.9 Å². The molecule has 0 radical (unpaired) electrons. The number of rotatable bonds is 24. The number of halogens is 4. The predicted octanol–water partition coefficient (Wildman–Crippen LogP) is 16.4. The lowest BCUT2D eigenvalue weighted by molar-refractivity contribution is 0.0597. The van der Waals surface area contributed by atoms with E-state index in [4.69, 9.17) is 56.6 Å². The van der Waals surface area contributed by atoms with Crippen LogP contribution in [0.25, 0.3) is 45.0 Å². The normalized spacial score (nSPS) is 11.6. The lowest BCUT2D eigenvalue weighted by atomic mass is 10.1. The Morgan fingerprint density at radius 2 is 0.569 bits per heavy atom. The molecule has 8 heterocycles.